The molecule has 0 radical (unpaired) electrons. The number of rotatable bonds is 4. The maximum absolute atomic E-state index is 10.5. The van der Waals surface area contributed by atoms with Crippen molar-refractivity contribution in [2.75, 3.05) is 6.54 Å². The summed E-state index contributed by atoms with van der Waals surface area (Å²) < 4.78 is 0. The van der Waals surface area contributed by atoms with Crippen molar-refractivity contribution in [2.24, 2.45) is 5.73 Å². The molecule has 1 unspecified atom stereocenters. The van der Waals surface area contributed by atoms with Crippen molar-refractivity contribution in [1.82, 2.24) is 0 Å². The molecule has 0 aromatic heterocycles. The van der Waals surface area contributed by atoms with Gasteiger partial charge in [-0.2, -0.15) is 0 Å². The van der Waals surface area contributed by atoms with Crippen LogP contribution in [0.2, 0.25) is 0 Å². The molecular weight excluding hydrogens is 196 g/mol. The van der Waals surface area contributed by atoms with Crippen LogP contribution in [0.1, 0.15) is 23.7 Å². The molecule has 1 aromatic rings. The minimum absolute atomic E-state index is 0.00771. The zero-order valence-corrected chi connectivity index (χ0v) is 8.51. The summed E-state index contributed by atoms with van der Waals surface area (Å²) >= 11 is 0. The topological polar surface area (TPSA) is 89.4 Å². The van der Waals surface area contributed by atoms with Crippen LogP contribution in [0.4, 0.5) is 5.69 Å². The largest absolute Gasteiger partial charge is 0.388 e. The lowest BCUT2D eigenvalue weighted by molar-refractivity contribution is -0.385. The predicted molar refractivity (Wildman–Crippen MR) is 56.5 cm³/mol. The molecule has 0 amide bonds. The van der Waals surface area contributed by atoms with Crippen LogP contribution in [-0.4, -0.2) is 16.6 Å². The van der Waals surface area contributed by atoms with E-state index < -0.39 is 11.0 Å². The zero-order valence-electron chi connectivity index (χ0n) is 8.51. The third-order valence-corrected chi connectivity index (χ3v) is 2.27. The number of benzene rings is 1. The molecule has 1 rings (SSSR count). The van der Waals surface area contributed by atoms with E-state index in [4.69, 9.17) is 5.73 Å². The van der Waals surface area contributed by atoms with Crippen molar-refractivity contribution in [3.05, 3.63) is 39.4 Å². The van der Waals surface area contributed by atoms with Gasteiger partial charge in [0.2, 0.25) is 0 Å². The molecule has 0 aliphatic carbocycles. The number of nitrogens with two attached hydrogens (primary N) is 1. The second kappa shape index (κ2) is 4.86. The molecule has 0 saturated carbocycles. The number of aryl methyl sites for hydroxylation is 1. The van der Waals surface area contributed by atoms with E-state index in [2.05, 4.69) is 0 Å². The molecule has 1 atom stereocenters. The molecule has 5 heteroatoms. The van der Waals surface area contributed by atoms with Gasteiger partial charge >= 0.3 is 0 Å². The number of nitrogens with zero attached hydrogens (tertiary/aromatic N) is 1. The number of hydrogen-bond donors (Lipinski definition) is 2. The van der Waals surface area contributed by atoms with Crippen LogP contribution in [0.3, 0.4) is 0 Å². The van der Waals surface area contributed by atoms with Crippen LogP contribution in [-0.2, 0) is 0 Å². The Morgan fingerprint density at radius 3 is 2.80 bits per heavy atom. The predicted octanol–water partition coefficient (Wildman–Crippen LogP) is 1.29. The highest BCUT2D eigenvalue weighted by atomic mass is 16.6. The SMILES string of the molecule is Cc1ccc([N+](=O)[O-])cc1C(O)CCN. The molecule has 5 nitrogen and oxygen atoms in total. The van der Waals surface area contributed by atoms with Crippen LogP contribution >= 0.6 is 0 Å². The van der Waals surface area contributed by atoms with E-state index in [0.29, 0.717) is 18.5 Å². The highest BCUT2D eigenvalue weighted by molar-refractivity contribution is 5.40. The standard InChI is InChI=1S/C10H14N2O3/c1-7-2-3-8(12(14)15)6-9(7)10(13)4-5-11/h2-3,6,10,13H,4-5,11H2,1H3. The number of non-ortho nitro benzene ring substituents is 1. The Bertz CT molecular complexity index is 366. The maximum atomic E-state index is 10.5. The van der Waals surface area contributed by atoms with Crippen LogP contribution in [0.5, 0.6) is 0 Å². The fraction of sp³-hybridized carbons (Fsp3) is 0.400. The fourth-order valence-electron chi connectivity index (χ4n) is 1.41. The Morgan fingerprint density at radius 2 is 2.27 bits per heavy atom. The highest BCUT2D eigenvalue weighted by Crippen LogP contribution is 2.24. The monoisotopic (exact) mass is 210 g/mol. The van der Waals surface area contributed by atoms with E-state index in [1.807, 2.05) is 0 Å². The average molecular weight is 210 g/mol. The molecule has 0 aliphatic heterocycles. The molecule has 0 spiro atoms. The van der Waals surface area contributed by atoms with Crippen LogP contribution < -0.4 is 5.73 Å². The lowest BCUT2D eigenvalue weighted by Crippen LogP contribution is -2.08. The first-order valence-corrected chi connectivity index (χ1v) is 4.69. The van der Waals surface area contributed by atoms with Crippen LogP contribution in [0.25, 0.3) is 0 Å². The second-order valence-corrected chi connectivity index (χ2v) is 3.39. The van der Waals surface area contributed by atoms with Gasteiger partial charge in [-0.05, 0) is 31.0 Å². The lowest BCUT2D eigenvalue weighted by Gasteiger charge is -2.12. The summed E-state index contributed by atoms with van der Waals surface area (Å²) in [5.41, 5.74) is 6.73. The molecule has 3 N–H and O–H groups in total. The summed E-state index contributed by atoms with van der Waals surface area (Å²) in [6, 6.07) is 4.46. The van der Waals surface area contributed by atoms with E-state index in [0.717, 1.165) is 5.56 Å². The summed E-state index contributed by atoms with van der Waals surface area (Å²) in [5, 5.41) is 20.2. The van der Waals surface area contributed by atoms with Crippen LogP contribution in [0.15, 0.2) is 18.2 Å². The summed E-state index contributed by atoms with van der Waals surface area (Å²) in [7, 11) is 0. The molecular formula is C10H14N2O3. The number of nitro benzene ring substituents is 1. The van der Waals surface area contributed by atoms with E-state index >= 15 is 0 Å². The summed E-state index contributed by atoms with van der Waals surface area (Å²) in [6.07, 6.45) is -0.322. The lowest BCUT2D eigenvalue weighted by atomic mass is 10.0. The van der Waals surface area contributed by atoms with Gasteiger partial charge in [-0.15, -0.1) is 0 Å². The van der Waals surface area contributed by atoms with Gasteiger partial charge in [0.05, 0.1) is 11.0 Å². The normalized spacial score (nSPS) is 12.5. The van der Waals surface area contributed by atoms with Crippen molar-refractivity contribution in [2.45, 2.75) is 19.4 Å². The average Bonchev–Trinajstić information content (AvgIpc) is 2.18. The van der Waals surface area contributed by atoms with Gasteiger partial charge in [0.15, 0.2) is 0 Å². The van der Waals surface area contributed by atoms with E-state index in [1.165, 1.54) is 12.1 Å². The van der Waals surface area contributed by atoms with Gasteiger partial charge < -0.3 is 10.8 Å². The molecule has 0 heterocycles. The van der Waals surface area contributed by atoms with Gasteiger partial charge in [-0.3, -0.25) is 10.1 Å². The Morgan fingerprint density at radius 1 is 1.60 bits per heavy atom. The van der Waals surface area contributed by atoms with Crippen LogP contribution in [0, 0.1) is 17.0 Å². The molecule has 1 aromatic carbocycles. The quantitative estimate of drug-likeness (QED) is 0.578. The van der Waals surface area contributed by atoms with Gasteiger partial charge in [0.1, 0.15) is 0 Å². The van der Waals surface area contributed by atoms with Crippen molar-refractivity contribution in [1.29, 1.82) is 0 Å². The minimum atomic E-state index is -0.727. The van der Waals surface area contributed by atoms with Gasteiger partial charge in [0, 0.05) is 12.1 Å². The first-order chi connectivity index (χ1) is 7.06. The second-order valence-electron chi connectivity index (χ2n) is 3.39. The van der Waals surface area contributed by atoms with E-state index in [-0.39, 0.29) is 5.69 Å². The number of aliphatic hydroxyl groups is 1. The Labute approximate surface area is 87.7 Å². The number of hydrogen-bond acceptors (Lipinski definition) is 4. The molecule has 82 valence electrons. The molecule has 0 bridgehead atoms. The first-order valence-electron chi connectivity index (χ1n) is 4.69. The number of nitro groups is 1. The molecule has 0 saturated heterocycles. The molecule has 0 fully saturated rings. The third-order valence-electron chi connectivity index (χ3n) is 2.27. The Kier molecular flexibility index (Phi) is 3.76. The van der Waals surface area contributed by atoms with Gasteiger partial charge in [0.25, 0.3) is 5.69 Å². The summed E-state index contributed by atoms with van der Waals surface area (Å²) in [4.78, 5) is 10.1. The maximum Gasteiger partial charge on any atom is 0.269 e. The van der Waals surface area contributed by atoms with Crippen molar-refractivity contribution in [3.63, 3.8) is 0 Å². The van der Waals surface area contributed by atoms with Crippen molar-refractivity contribution >= 4 is 5.69 Å². The molecule has 0 aliphatic rings. The van der Waals surface area contributed by atoms with Gasteiger partial charge in [-0.25, -0.2) is 0 Å². The Hall–Kier alpha value is -1.46. The minimum Gasteiger partial charge on any atom is -0.388 e. The van der Waals surface area contributed by atoms with Crippen molar-refractivity contribution < 1.29 is 10.0 Å². The smallest absolute Gasteiger partial charge is 0.269 e. The highest BCUT2D eigenvalue weighted by Gasteiger charge is 2.14. The third kappa shape index (κ3) is 2.74. The first kappa shape index (κ1) is 11.6. The van der Waals surface area contributed by atoms with E-state index in [1.54, 1.807) is 13.0 Å². The van der Waals surface area contributed by atoms with E-state index in [9.17, 15) is 15.2 Å². The summed E-state index contributed by atoms with van der Waals surface area (Å²) in [6.45, 7) is 2.15. The van der Waals surface area contributed by atoms with Crippen molar-refractivity contribution in [3.8, 4) is 0 Å². The number of aliphatic hydroxyl groups excluding tert-OH is 1. The molecule has 15 heavy (non-hydrogen) atoms. The van der Waals surface area contributed by atoms with Gasteiger partial charge in [-0.1, -0.05) is 6.07 Å². The zero-order chi connectivity index (χ0) is 11.4. The Balaban J connectivity index is 3.04. The fourth-order valence-corrected chi connectivity index (χ4v) is 1.41. The summed E-state index contributed by atoms with van der Waals surface area (Å²) in [5.74, 6) is 0.